The number of hydrogen-bond donors (Lipinski definition) is 2. The molecule has 96 valence electrons. The number of carbonyl (C=O) groups excluding carboxylic acids is 1. The fourth-order valence-corrected chi connectivity index (χ4v) is 1.96. The average Bonchev–Trinajstić information content (AvgIpc) is 2.73. The monoisotopic (exact) mass is 250 g/mol. The molecule has 4 nitrogen and oxygen atoms in total. The first-order valence-corrected chi connectivity index (χ1v) is 5.84. The molecule has 1 heterocycles. The van der Waals surface area contributed by atoms with Crippen LogP contribution in [-0.4, -0.2) is 41.7 Å². The van der Waals surface area contributed by atoms with Gasteiger partial charge in [0, 0.05) is 25.6 Å². The Morgan fingerprint density at radius 2 is 2.31 bits per heavy atom. The van der Waals surface area contributed by atoms with Crippen LogP contribution in [0.5, 0.6) is 0 Å². The van der Waals surface area contributed by atoms with Crippen molar-refractivity contribution in [3.63, 3.8) is 0 Å². The summed E-state index contributed by atoms with van der Waals surface area (Å²) in [7, 11) is 0. The van der Waals surface area contributed by atoms with E-state index in [2.05, 4.69) is 6.92 Å². The van der Waals surface area contributed by atoms with Crippen LogP contribution in [-0.2, 0) is 4.79 Å². The summed E-state index contributed by atoms with van der Waals surface area (Å²) in [6.07, 6.45) is 3.75. The lowest BCUT2D eigenvalue weighted by Crippen LogP contribution is -2.42. The summed E-state index contributed by atoms with van der Waals surface area (Å²) in [6, 6.07) is -0.345. The van der Waals surface area contributed by atoms with Crippen molar-refractivity contribution in [2.24, 2.45) is 11.7 Å². The van der Waals surface area contributed by atoms with Crippen LogP contribution in [0.4, 0.5) is 0 Å². The molecule has 1 rings (SSSR count). The smallest absolute Gasteiger partial charge is 0.239 e. The summed E-state index contributed by atoms with van der Waals surface area (Å²) in [5.41, 5.74) is 5.82. The van der Waals surface area contributed by atoms with Gasteiger partial charge in [-0.3, -0.25) is 4.79 Å². The Bertz CT molecular complexity index is 214. The van der Waals surface area contributed by atoms with Gasteiger partial charge in [0.1, 0.15) is 0 Å². The molecule has 0 saturated carbocycles. The Balaban J connectivity index is 0.00000225. The van der Waals surface area contributed by atoms with Crippen LogP contribution in [0.3, 0.4) is 0 Å². The maximum absolute atomic E-state index is 11.8. The van der Waals surface area contributed by atoms with Gasteiger partial charge < -0.3 is 15.7 Å². The molecule has 0 aromatic carbocycles. The lowest BCUT2D eigenvalue weighted by Gasteiger charge is -2.20. The van der Waals surface area contributed by atoms with E-state index in [0.717, 1.165) is 32.2 Å². The van der Waals surface area contributed by atoms with E-state index in [1.165, 1.54) is 0 Å². The first-order chi connectivity index (χ1) is 7.19. The van der Waals surface area contributed by atoms with E-state index in [4.69, 9.17) is 10.8 Å². The normalized spacial score (nSPS) is 21.7. The number of carbonyl (C=O) groups is 1. The third kappa shape index (κ3) is 4.28. The maximum atomic E-state index is 11.8. The molecule has 0 spiro atoms. The van der Waals surface area contributed by atoms with Gasteiger partial charge in [0.2, 0.25) is 5.91 Å². The predicted octanol–water partition coefficient (Wildman–Crippen LogP) is 0.766. The number of aliphatic hydroxyl groups is 1. The molecule has 5 heteroatoms. The summed E-state index contributed by atoms with van der Waals surface area (Å²) in [5, 5.41) is 8.98. The van der Waals surface area contributed by atoms with Crippen molar-refractivity contribution in [2.45, 2.75) is 38.6 Å². The fraction of sp³-hybridized carbons (Fsp3) is 0.909. The molecule has 0 aromatic heterocycles. The molecule has 0 aliphatic carbocycles. The van der Waals surface area contributed by atoms with Gasteiger partial charge in [0.25, 0.3) is 0 Å². The van der Waals surface area contributed by atoms with E-state index in [1.54, 1.807) is 4.90 Å². The van der Waals surface area contributed by atoms with Crippen LogP contribution < -0.4 is 5.73 Å². The minimum atomic E-state index is -0.345. The van der Waals surface area contributed by atoms with Gasteiger partial charge >= 0.3 is 0 Å². The molecule has 2 unspecified atom stereocenters. The zero-order valence-electron chi connectivity index (χ0n) is 9.89. The Hall–Kier alpha value is -0.320. The molecule has 2 atom stereocenters. The second-order valence-electron chi connectivity index (χ2n) is 4.37. The van der Waals surface area contributed by atoms with Crippen molar-refractivity contribution in [1.82, 2.24) is 4.90 Å². The minimum Gasteiger partial charge on any atom is -0.396 e. The van der Waals surface area contributed by atoms with Gasteiger partial charge in [-0.05, 0) is 12.8 Å². The Morgan fingerprint density at radius 1 is 1.62 bits per heavy atom. The molecule has 1 aliphatic heterocycles. The molecular formula is C11H23ClN2O2. The second kappa shape index (κ2) is 7.87. The van der Waals surface area contributed by atoms with Gasteiger partial charge in [-0.25, -0.2) is 0 Å². The zero-order valence-corrected chi connectivity index (χ0v) is 10.7. The van der Waals surface area contributed by atoms with Crippen LogP contribution in [0.2, 0.25) is 0 Å². The second-order valence-corrected chi connectivity index (χ2v) is 4.37. The standard InChI is InChI=1S/C11H22N2O2.ClH/c1-2-3-4-10(12)11(15)13-6-5-9(7-13)8-14;/h9-10,14H,2-8,12H2,1H3;1H. The number of rotatable bonds is 5. The molecule has 1 aliphatic rings. The number of amides is 1. The molecule has 0 bridgehead atoms. The van der Waals surface area contributed by atoms with E-state index in [0.29, 0.717) is 6.54 Å². The topological polar surface area (TPSA) is 66.6 Å². The summed E-state index contributed by atoms with van der Waals surface area (Å²) in [4.78, 5) is 13.6. The Kier molecular flexibility index (Phi) is 7.72. The summed E-state index contributed by atoms with van der Waals surface area (Å²) in [6.45, 7) is 3.70. The zero-order chi connectivity index (χ0) is 11.3. The molecule has 1 fully saturated rings. The van der Waals surface area contributed by atoms with Gasteiger partial charge in [0.05, 0.1) is 6.04 Å². The molecule has 1 saturated heterocycles. The fourth-order valence-electron chi connectivity index (χ4n) is 1.96. The van der Waals surface area contributed by atoms with E-state index < -0.39 is 0 Å². The summed E-state index contributed by atoms with van der Waals surface area (Å²) >= 11 is 0. The number of nitrogens with zero attached hydrogens (tertiary/aromatic N) is 1. The molecular weight excluding hydrogens is 228 g/mol. The van der Waals surface area contributed by atoms with E-state index in [-0.39, 0.29) is 36.9 Å². The van der Waals surface area contributed by atoms with Crippen LogP contribution >= 0.6 is 12.4 Å². The predicted molar refractivity (Wildman–Crippen MR) is 66.5 cm³/mol. The van der Waals surface area contributed by atoms with Crippen LogP contribution in [0.15, 0.2) is 0 Å². The number of likely N-dealkylation sites (tertiary alicyclic amines) is 1. The molecule has 16 heavy (non-hydrogen) atoms. The highest BCUT2D eigenvalue weighted by molar-refractivity contribution is 5.85. The quantitative estimate of drug-likeness (QED) is 0.757. The Morgan fingerprint density at radius 3 is 2.81 bits per heavy atom. The first-order valence-electron chi connectivity index (χ1n) is 5.84. The van der Waals surface area contributed by atoms with E-state index >= 15 is 0 Å². The van der Waals surface area contributed by atoms with E-state index in [1.807, 2.05) is 0 Å². The maximum Gasteiger partial charge on any atom is 0.239 e. The van der Waals surface area contributed by atoms with Crippen LogP contribution in [0.1, 0.15) is 32.6 Å². The lowest BCUT2D eigenvalue weighted by atomic mass is 10.1. The number of halogens is 1. The van der Waals surface area contributed by atoms with Crippen molar-refractivity contribution in [1.29, 1.82) is 0 Å². The summed E-state index contributed by atoms with van der Waals surface area (Å²) < 4.78 is 0. The lowest BCUT2D eigenvalue weighted by molar-refractivity contribution is -0.131. The van der Waals surface area contributed by atoms with Gasteiger partial charge in [0.15, 0.2) is 0 Å². The molecule has 3 N–H and O–H groups in total. The van der Waals surface area contributed by atoms with Crippen molar-refractivity contribution < 1.29 is 9.90 Å². The number of aliphatic hydroxyl groups excluding tert-OH is 1. The first kappa shape index (κ1) is 15.7. The Labute approximate surface area is 104 Å². The molecule has 0 aromatic rings. The summed E-state index contributed by atoms with van der Waals surface area (Å²) in [5.74, 6) is 0.312. The number of hydrogen-bond acceptors (Lipinski definition) is 3. The van der Waals surface area contributed by atoms with Crippen LogP contribution in [0, 0.1) is 5.92 Å². The van der Waals surface area contributed by atoms with Gasteiger partial charge in [-0.2, -0.15) is 0 Å². The van der Waals surface area contributed by atoms with Gasteiger partial charge in [-0.1, -0.05) is 19.8 Å². The van der Waals surface area contributed by atoms with Crippen molar-refractivity contribution in [3.05, 3.63) is 0 Å². The third-order valence-electron chi connectivity index (χ3n) is 3.04. The van der Waals surface area contributed by atoms with Crippen LogP contribution in [0.25, 0.3) is 0 Å². The molecule has 0 radical (unpaired) electrons. The SMILES string of the molecule is CCCCC(N)C(=O)N1CCC(CO)C1.Cl. The highest BCUT2D eigenvalue weighted by atomic mass is 35.5. The van der Waals surface area contributed by atoms with Gasteiger partial charge in [-0.15, -0.1) is 12.4 Å². The third-order valence-corrected chi connectivity index (χ3v) is 3.04. The number of nitrogens with two attached hydrogens (primary N) is 1. The minimum absolute atomic E-state index is 0. The average molecular weight is 251 g/mol. The van der Waals surface area contributed by atoms with Crippen molar-refractivity contribution in [3.8, 4) is 0 Å². The highest BCUT2D eigenvalue weighted by Gasteiger charge is 2.28. The van der Waals surface area contributed by atoms with Crippen molar-refractivity contribution >= 4 is 18.3 Å². The highest BCUT2D eigenvalue weighted by Crippen LogP contribution is 2.16. The van der Waals surface area contributed by atoms with Crippen molar-refractivity contribution in [2.75, 3.05) is 19.7 Å². The molecule has 1 amide bonds. The number of unbranched alkanes of at least 4 members (excludes halogenated alkanes) is 1. The van der Waals surface area contributed by atoms with E-state index in [9.17, 15) is 4.79 Å². The largest absolute Gasteiger partial charge is 0.396 e.